The van der Waals surface area contributed by atoms with Crippen molar-refractivity contribution in [3.05, 3.63) is 46.7 Å². The van der Waals surface area contributed by atoms with Crippen LogP contribution in [0.1, 0.15) is 27.2 Å². The van der Waals surface area contributed by atoms with Crippen molar-refractivity contribution in [2.75, 3.05) is 33.4 Å². The fourth-order valence-electron chi connectivity index (χ4n) is 3.29. The summed E-state index contributed by atoms with van der Waals surface area (Å²) in [6.07, 6.45) is 0.260. The number of aromatic nitrogens is 2. The summed E-state index contributed by atoms with van der Waals surface area (Å²) in [5.74, 6) is 0.0655. The molecule has 0 aliphatic rings. The second-order valence-corrected chi connectivity index (χ2v) is 9.91. The van der Waals surface area contributed by atoms with Gasteiger partial charge in [0.05, 0.1) is 18.7 Å². The first-order chi connectivity index (χ1) is 16.0. The number of likely N-dealkylation sites (N-methyl/N-ethyl adjacent to an activating group) is 1. The van der Waals surface area contributed by atoms with Gasteiger partial charge in [-0.3, -0.25) is 4.68 Å². The lowest BCUT2D eigenvalue weighted by atomic mass is 10.1. The average Bonchev–Trinajstić information content (AvgIpc) is 3.07. The highest BCUT2D eigenvalue weighted by Crippen LogP contribution is 2.32. The molecule has 0 atom stereocenters. The van der Waals surface area contributed by atoms with Crippen LogP contribution >= 0.6 is 15.9 Å². The number of hydrogen-bond donors (Lipinski definition) is 0. The Kier molecular flexibility index (Phi) is 8.54. The largest absolute Gasteiger partial charge is 0.493 e. The van der Waals surface area contributed by atoms with E-state index in [1.165, 1.54) is 11.0 Å². The Balaban J connectivity index is 1.44. The molecule has 0 aliphatic carbocycles. The lowest BCUT2D eigenvalue weighted by molar-refractivity contribution is 0.0226. The molecule has 0 saturated carbocycles. The molecule has 0 bridgehead atoms. The van der Waals surface area contributed by atoms with Crippen LogP contribution in [0.15, 0.2) is 40.9 Å². The molecular formula is C25H31BrFN3O4. The van der Waals surface area contributed by atoms with Crippen LogP contribution in [0.2, 0.25) is 0 Å². The van der Waals surface area contributed by atoms with Gasteiger partial charge in [0.2, 0.25) is 0 Å². The van der Waals surface area contributed by atoms with Crippen molar-refractivity contribution in [3.63, 3.8) is 0 Å². The summed E-state index contributed by atoms with van der Waals surface area (Å²) < 4.78 is 34.1. The summed E-state index contributed by atoms with van der Waals surface area (Å²) in [6, 6.07) is 10.6. The molecule has 7 nitrogen and oxygen atoms in total. The Labute approximate surface area is 207 Å². The van der Waals surface area contributed by atoms with Gasteiger partial charge in [-0.15, -0.1) is 0 Å². The quantitative estimate of drug-likeness (QED) is 0.324. The molecule has 1 heterocycles. The van der Waals surface area contributed by atoms with Crippen LogP contribution in [0.3, 0.4) is 0 Å². The average molecular weight is 536 g/mol. The lowest BCUT2D eigenvalue weighted by Gasteiger charge is -2.24. The third-order valence-corrected chi connectivity index (χ3v) is 5.48. The Hall–Kier alpha value is -2.65. The Morgan fingerprint density at radius 1 is 1.15 bits per heavy atom. The zero-order valence-corrected chi connectivity index (χ0v) is 21.8. The molecule has 34 heavy (non-hydrogen) atoms. The van der Waals surface area contributed by atoms with Gasteiger partial charge in [-0.1, -0.05) is 15.9 Å². The van der Waals surface area contributed by atoms with Crippen molar-refractivity contribution in [1.82, 2.24) is 14.7 Å². The number of amides is 1. The van der Waals surface area contributed by atoms with E-state index in [0.717, 1.165) is 15.4 Å². The number of aryl methyl sites for hydroxylation is 1. The van der Waals surface area contributed by atoms with Crippen molar-refractivity contribution in [1.29, 1.82) is 0 Å². The first kappa shape index (κ1) is 26.0. The highest BCUT2D eigenvalue weighted by atomic mass is 79.9. The summed E-state index contributed by atoms with van der Waals surface area (Å²) in [5, 5.41) is 5.38. The van der Waals surface area contributed by atoms with Gasteiger partial charge in [-0.25, -0.2) is 9.18 Å². The van der Waals surface area contributed by atoms with Crippen molar-refractivity contribution < 1.29 is 23.4 Å². The predicted molar refractivity (Wildman–Crippen MR) is 134 cm³/mol. The van der Waals surface area contributed by atoms with E-state index in [0.29, 0.717) is 49.8 Å². The Morgan fingerprint density at radius 2 is 1.91 bits per heavy atom. The molecule has 0 unspecified atom stereocenters. The second kappa shape index (κ2) is 11.2. The van der Waals surface area contributed by atoms with Gasteiger partial charge in [-0.2, -0.15) is 5.10 Å². The van der Waals surface area contributed by atoms with Crippen LogP contribution in [0.4, 0.5) is 9.18 Å². The Morgan fingerprint density at radius 3 is 2.62 bits per heavy atom. The zero-order valence-electron chi connectivity index (χ0n) is 20.2. The number of carbonyl (C=O) groups is 1. The number of benzene rings is 2. The van der Waals surface area contributed by atoms with Crippen LogP contribution in [0.5, 0.6) is 5.75 Å². The fourth-order valence-corrected chi connectivity index (χ4v) is 3.64. The van der Waals surface area contributed by atoms with Gasteiger partial charge in [0.1, 0.15) is 22.9 Å². The van der Waals surface area contributed by atoms with E-state index in [4.69, 9.17) is 14.2 Å². The molecule has 9 heteroatoms. The summed E-state index contributed by atoms with van der Waals surface area (Å²) in [4.78, 5) is 13.4. The van der Waals surface area contributed by atoms with Crippen molar-refractivity contribution in [2.24, 2.45) is 7.05 Å². The number of hydrogen-bond acceptors (Lipinski definition) is 5. The molecule has 2 aromatic carbocycles. The monoisotopic (exact) mass is 535 g/mol. The summed E-state index contributed by atoms with van der Waals surface area (Å²) >= 11 is 3.46. The minimum absolute atomic E-state index is 0.378. The third-order valence-electron chi connectivity index (χ3n) is 4.99. The second-order valence-electron chi connectivity index (χ2n) is 8.99. The molecule has 0 N–H and O–H groups in total. The van der Waals surface area contributed by atoms with Crippen LogP contribution in [-0.2, 0) is 16.5 Å². The number of nitrogens with zero attached hydrogens (tertiary/aromatic N) is 3. The first-order valence-electron chi connectivity index (χ1n) is 11.1. The maximum atomic E-state index is 14.9. The standard InChI is InChI=1S/C25H31BrFN3O4/c1-25(2,3)34-24(31)29(4)11-14-32-12-6-13-33-18-8-10-19(21(27)16-18)23-20-9-7-17(26)15-22(20)30(5)28-23/h7-10,15-16H,6,11-14H2,1-5H3. The van der Waals surface area contributed by atoms with Crippen molar-refractivity contribution >= 4 is 32.9 Å². The Bertz CT molecular complexity index is 1140. The van der Waals surface area contributed by atoms with E-state index < -0.39 is 5.60 Å². The topological polar surface area (TPSA) is 65.8 Å². The highest BCUT2D eigenvalue weighted by molar-refractivity contribution is 9.10. The van der Waals surface area contributed by atoms with Crippen molar-refractivity contribution in [2.45, 2.75) is 32.8 Å². The number of ether oxygens (including phenoxy) is 3. The van der Waals surface area contributed by atoms with Gasteiger partial charge in [0, 0.05) is 55.2 Å². The molecule has 184 valence electrons. The van der Waals surface area contributed by atoms with Crippen LogP contribution in [0.25, 0.3) is 22.2 Å². The van der Waals surface area contributed by atoms with E-state index in [-0.39, 0.29) is 11.9 Å². The van der Waals surface area contributed by atoms with Crippen LogP contribution < -0.4 is 4.74 Å². The zero-order chi connectivity index (χ0) is 24.9. The third kappa shape index (κ3) is 6.93. The van der Waals surface area contributed by atoms with E-state index in [2.05, 4.69) is 21.0 Å². The number of carbonyl (C=O) groups excluding carboxylic acids is 1. The number of fused-ring (bicyclic) bond motifs is 1. The number of rotatable bonds is 9. The maximum Gasteiger partial charge on any atom is 0.410 e. The molecule has 0 spiro atoms. The van der Waals surface area contributed by atoms with Crippen LogP contribution in [0, 0.1) is 5.82 Å². The molecule has 0 saturated heterocycles. The summed E-state index contributed by atoms with van der Waals surface area (Å²) in [6.45, 7) is 7.17. The van der Waals surface area contributed by atoms with Crippen LogP contribution in [-0.4, -0.2) is 59.8 Å². The molecular weight excluding hydrogens is 505 g/mol. The van der Waals surface area contributed by atoms with E-state index in [1.807, 2.05) is 46.0 Å². The smallest absolute Gasteiger partial charge is 0.410 e. The van der Waals surface area contributed by atoms with Gasteiger partial charge >= 0.3 is 6.09 Å². The fraction of sp³-hybridized carbons (Fsp3) is 0.440. The lowest BCUT2D eigenvalue weighted by Crippen LogP contribution is -2.36. The minimum Gasteiger partial charge on any atom is -0.493 e. The van der Waals surface area contributed by atoms with Gasteiger partial charge in [0.25, 0.3) is 0 Å². The van der Waals surface area contributed by atoms with Crippen molar-refractivity contribution in [3.8, 4) is 17.0 Å². The van der Waals surface area contributed by atoms with E-state index >= 15 is 0 Å². The normalized spacial score (nSPS) is 11.6. The van der Waals surface area contributed by atoms with Gasteiger partial charge in [-0.05, 0) is 51.1 Å². The molecule has 0 radical (unpaired) electrons. The number of halogens is 2. The molecule has 3 aromatic rings. The highest BCUT2D eigenvalue weighted by Gasteiger charge is 2.19. The van der Waals surface area contributed by atoms with Gasteiger partial charge in [0.15, 0.2) is 0 Å². The first-order valence-corrected chi connectivity index (χ1v) is 11.9. The predicted octanol–water partition coefficient (Wildman–Crippen LogP) is 5.79. The minimum atomic E-state index is -0.524. The maximum absolute atomic E-state index is 14.9. The molecule has 3 rings (SSSR count). The molecule has 1 aromatic heterocycles. The summed E-state index contributed by atoms with van der Waals surface area (Å²) in [7, 11) is 3.51. The SMILES string of the molecule is CN(CCOCCCOc1ccc(-c2nn(C)c3cc(Br)ccc23)c(F)c1)C(=O)OC(C)(C)C. The molecule has 1 amide bonds. The molecule has 0 aliphatic heterocycles. The van der Waals surface area contributed by atoms with Gasteiger partial charge < -0.3 is 19.1 Å². The van der Waals surface area contributed by atoms with E-state index in [1.54, 1.807) is 23.9 Å². The van der Waals surface area contributed by atoms with E-state index in [9.17, 15) is 9.18 Å². The molecule has 0 fully saturated rings. The summed E-state index contributed by atoms with van der Waals surface area (Å²) in [5.41, 5.74) is 1.42.